The van der Waals surface area contributed by atoms with E-state index in [9.17, 15) is 20.4 Å². The van der Waals surface area contributed by atoms with Gasteiger partial charge >= 0.3 is 0 Å². The van der Waals surface area contributed by atoms with E-state index < -0.39 is 30.2 Å². The van der Waals surface area contributed by atoms with Crippen LogP contribution in [0.2, 0.25) is 0 Å². The van der Waals surface area contributed by atoms with Gasteiger partial charge in [0.2, 0.25) is 0 Å². The molecule has 1 heterocycles. The van der Waals surface area contributed by atoms with Gasteiger partial charge in [-0.1, -0.05) is 52.4 Å². The first-order valence-corrected chi connectivity index (χ1v) is 8.37. The Kier molecular flexibility index (Phi) is 8.13. The van der Waals surface area contributed by atoms with E-state index in [2.05, 4.69) is 13.8 Å². The van der Waals surface area contributed by atoms with Gasteiger partial charge in [-0.05, 0) is 12.8 Å². The molecule has 1 rings (SSSR count). The highest BCUT2D eigenvalue weighted by Gasteiger charge is 2.51. The van der Waals surface area contributed by atoms with Crippen LogP contribution in [0.4, 0.5) is 0 Å². The highest BCUT2D eigenvalue weighted by Crippen LogP contribution is 2.36. The molecule has 21 heavy (non-hydrogen) atoms. The third kappa shape index (κ3) is 5.18. The number of hydrogen-bond acceptors (Lipinski definition) is 5. The van der Waals surface area contributed by atoms with Gasteiger partial charge in [0, 0.05) is 6.42 Å². The number of hydrogen-bond donors (Lipinski definition) is 4. The summed E-state index contributed by atoms with van der Waals surface area (Å²) in [5.74, 6) is 0. The van der Waals surface area contributed by atoms with Gasteiger partial charge in [0.05, 0.1) is 12.2 Å². The minimum Gasteiger partial charge on any atom is -0.390 e. The fraction of sp³-hybridized carbons (Fsp3) is 1.00. The average Bonchev–Trinajstić information content (AvgIpc) is 2.43. The van der Waals surface area contributed by atoms with Crippen LogP contribution in [0.5, 0.6) is 0 Å². The van der Waals surface area contributed by atoms with Gasteiger partial charge in [0.15, 0.2) is 6.29 Å². The standard InChI is InChI=1S/C16H32O5/c1-3-5-7-9-12(17)15-16(20,10-8-6-4-2)13(18)11-14(19)21-15/h12-15,17-20H,3-11H2,1-2H3/t12?,13-,14+,15-,16+/m1/s1. The third-order valence-electron chi connectivity index (χ3n) is 4.43. The van der Waals surface area contributed by atoms with E-state index in [1.54, 1.807) is 0 Å². The molecule has 126 valence electrons. The first kappa shape index (κ1) is 18.8. The topological polar surface area (TPSA) is 90.2 Å². The lowest BCUT2D eigenvalue weighted by Crippen LogP contribution is -2.63. The average molecular weight is 304 g/mol. The van der Waals surface area contributed by atoms with Crippen molar-refractivity contribution in [2.75, 3.05) is 0 Å². The van der Waals surface area contributed by atoms with Crippen molar-refractivity contribution in [3.63, 3.8) is 0 Å². The number of aliphatic hydroxyl groups excluding tert-OH is 3. The molecule has 0 saturated carbocycles. The molecule has 0 aromatic heterocycles. The molecule has 0 radical (unpaired) electrons. The van der Waals surface area contributed by atoms with Gasteiger partial charge in [-0.25, -0.2) is 0 Å². The molecule has 5 atom stereocenters. The fourth-order valence-corrected chi connectivity index (χ4v) is 3.07. The molecule has 4 N–H and O–H groups in total. The van der Waals surface area contributed by atoms with Crippen molar-refractivity contribution in [1.29, 1.82) is 0 Å². The van der Waals surface area contributed by atoms with E-state index >= 15 is 0 Å². The number of rotatable bonds is 9. The maximum absolute atomic E-state index is 10.8. The molecule has 0 aliphatic carbocycles. The summed E-state index contributed by atoms with van der Waals surface area (Å²) >= 11 is 0. The summed E-state index contributed by atoms with van der Waals surface area (Å²) in [6, 6.07) is 0. The minimum absolute atomic E-state index is 0.0131. The Labute approximate surface area is 127 Å². The SMILES string of the molecule is CCCCCC(O)[C@H]1O[C@H](O)C[C@@H](O)[C@@]1(O)CCCCC. The van der Waals surface area contributed by atoms with Crippen LogP contribution < -0.4 is 0 Å². The minimum atomic E-state index is -1.47. The molecular weight excluding hydrogens is 272 g/mol. The summed E-state index contributed by atoms with van der Waals surface area (Å²) in [6.07, 6.45) is 2.51. The molecule has 1 fully saturated rings. The Morgan fingerprint density at radius 1 is 1.10 bits per heavy atom. The Morgan fingerprint density at radius 3 is 2.33 bits per heavy atom. The molecule has 5 heteroatoms. The summed E-state index contributed by atoms with van der Waals surface area (Å²) < 4.78 is 5.39. The summed E-state index contributed by atoms with van der Waals surface area (Å²) in [6.45, 7) is 4.15. The van der Waals surface area contributed by atoms with Crippen LogP contribution in [0.3, 0.4) is 0 Å². The van der Waals surface area contributed by atoms with E-state index in [4.69, 9.17) is 4.74 Å². The first-order chi connectivity index (χ1) is 9.95. The van der Waals surface area contributed by atoms with Crippen LogP contribution in [0.1, 0.15) is 71.6 Å². The van der Waals surface area contributed by atoms with E-state index in [0.717, 1.165) is 38.5 Å². The quantitative estimate of drug-likeness (QED) is 0.487. The van der Waals surface area contributed by atoms with Gasteiger partial charge in [0.25, 0.3) is 0 Å². The molecule has 0 spiro atoms. The Morgan fingerprint density at radius 2 is 1.71 bits per heavy atom. The second-order valence-electron chi connectivity index (χ2n) is 6.27. The van der Waals surface area contributed by atoms with Gasteiger partial charge in [-0.15, -0.1) is 0 Å². The maximum Gasteiger partial charge on any atom is 0.157 e. The molecular formula is C16H32O5. The lowest BCUT2D eigenvalue weighted by Gasteiger charge is -2.47. The van der Waals surface area contributed by atoms with Crippen molar-refractivity contribution in [1.82, 2.24) is 0 Å². The largest absolute Gasteiger partial charge is 0.390 e. The second kappa shape index (κ2) is 9.06. The van der Waals surface area contributed by atoms with Crippen molar-refractivity contribution < 1.29 is 25.2 Å². The normalized spacial score (nSPS) is 34.9. The first-order valence-electron chi connectivity index (χ1n) is 8.37. The van der Waals surface area contributed by atoms with Crippen LogP contribution in [-0.4, -0.2) is 50.6 Å². The van der Waals surface area contributed by atoms with Crippen LogP contribution >= 0.6 is 0 Å². The molecule has 0 aromatic carbocycles. The van der Waals surface area contributed by atoms with Crippen LogP contribution in [-0.2, 0) is 4.74 Å². The predicted molar refractivity (Wildman–Crippen MR) is 80.7 cm³/mol. The fourth-order valence-electron chi connectivity index (χ4n) is 3.07. The lowest BCUT2D eigenvalue weighted by molar-refractivity contribution is -0.295. The molecule has 0 bridgehead atoms. The number of ether oxygens (including phenoxy) is 1. The van der Waals surface area contributed by atoms with Crippen molar-refractivity contribution in [2.45, 2.75) is 102 Å². The monoisotopic (exact) mass is 304 g/mol. The summed E-state index contributed by atoms with van der Waals surface area (Å²) in [4.78, 5) is 0. The van der Waals surface area contributed by atoms with E-state index in [0.29, 0.717) is 12.8 Å². The molecule has 0 aromatic rings. The predicted octanol–water partition coefficient (Wildman–Crippen LogP) is 1.71. The van der Waals surface area contributed by atoms with E-state index in [1.165, 1.54) is 0 Å². The molecule has 1 aliphatic rings. The van der Waals surface area contributed by atoms with Gasteiger partial charge in [0.1, 0.15) is 11.7 Å². The van der Waals surface area contributed by atoms with Crippen molar-refractivity contribution in [3.8, 4) is 0 Å². The zero-order valence-electron chi connectivity index (χ0n) is 13.4. The highest BCUT2D eigenvalue weighted by molar-refractivity contribution is 5.00. The maximum atomic E-state index is 10.8. The summed E-state index contributed by atoms with van der Waals surface area (Å²) in [5, 5.41) is 41.0. The Hall–Kier alpha value is -0.200. The van der Waals surface area contributed by atoms with E-state index in [1.807, 2.05) is 0 Å². The smallest absolute Gasteiger partial charge is 0.157 e. The van der Waals surface area contributed by atoms with Crippen LogP contribution in [0.25, 0.3) is 0 Å². The van der Waals surface area contributed by atoms with Gasteiger partial charge < -0.3 is 25.2 Å². The molecule has 5 nitrogen and oxygen atoms in total. The zero-order chi connectivity index (χ0) is 15.9. The lowest BCUT2D eigenvalue weighted by atomic mass is 9.78. The third-order valence-corrected chi connectivity index (χ3v) is 4.43. The molecule has 1 unspecified atom stereocenters. The summed E-state index contributed by atoms with van der Waals surface area (Å²) in [7, 11) is 0. The Bertz CT molecular complexity index is 286. The van der Waals surface area contributed by atoms with Gasteiger partial charge in [-0.3, -0.25) is 0 Å². The van der Waals surface area contributed by atoms with Gasteiger partial charge in [-0.2, -0.15) is 0 Å². The molecule has 0 amide bonds. The number of aliphatic hydroxyl groups is 4. The summed E-state index contributed by atoms with van der Waals surface area (Å²) in [5.41, 5.74) is -1.47. The van der Waals surface area contributed by atoms with Crippen LogP contribution in [0.15, 0.2) is 0 Å². The van der Waals surface area contributed by atoms with Crippen molar-refractivity contribution in [2.24, 2.45) is 0 Å². The Balaban J connectivity index is 2.72. The molecule has 1 saturated heterocycles. The zero-order valence-corrected chi connectivity index (χ0v) is 13.4. The van der Waals surface area contributed by atoms with Crippen LogP contribution in [0, 0.1) is 0 Å². The number of unbranched alkanes of at least 4 members (excludes halogenated alkanes) is 4. The van der Waals surface area contributed by atoms with Crippen molar-refractivity contribution >= 4 is 0 Å². The van der Waals surface area contributed by atoms with E-state index in [-0.39, 0.29) is 6.42 Å². The second-order valence-corrected chi connectivity index (χ2v) is 6.27. The molecule has 1 aliphatic heterocycles. The highest BCUT2D eigenvalue weighted by atomic mass is 16.6. The van der Waals surface area contributed by atoms with Crippen molar-refractivity contribution in [3.05, 3.63) is 0 Å².